The lowest BCUT2D eigenvalue weighted by Crippen LogP contribution is -2.49. The third-order valence-electron chi connectivity index (χ3n) is 8.79. The van der Waals surface area contributed by atoms with E-state index >= 15 is 0 Å². The van der Waals surface area contributed by atoms with Gasteiger partial charge in [0.2, 0.25) is 0 Å². The highest BCUT2D eigenvalue weighted by Crippen LogP contribution is 2.57. The van der Waals surface area contributed by atoms with Crippen molar-refractivity contribution in [3.8, 4) is 11.1 Å². The highest BCUT2D eigenvalue weighted by Gasteiger charge is 2.48. The van der Waals surface area contributed by atoms with E-state index in [1.807, 2.05) is 13.8 Å². The van der Waals surface area contributed by atoms with Crippen LogP contribution in [0.5, 0.6) is 0 Å². The first-order valence-electron chi connectivity index (χ1n) is 13.9. The Hall–Kier alpha value is -3.14. The van der Waals surface area contributed by atoms with Gasteiger partial charge >= 0.3 is 7.48 Å². The molecule has 5 rings (SSSR count). The zero-order chi connectivity index (χ0) is 27.1. The number of aryl methyl sites for hydroxylation is 2. The minimum Gasteiger partial charge on any atom is -0.427 e. The molecule has 0 spiro atoms. The largest absolute Gasteiger partial charge is 0.427 e. The fourth-order valence-corrected chi connectivity index (χ4v) is 5.97. The van der Waals surface area contributed by atoms with Gasteiger partial charge in [-0.2, -0.15) is 0 Å². The molecule has 0 aromatic heterocycles. The maximum Gasteiger partial charge on any atom is 0.309 e. The van der Waals surface area contributed by atoms with Crippen molar-refractivity contribution in [2.45, 2.75) is 71.0 Å². The second kappa shape index (κ2) is 9.87. The lowest BCUT2D eigenvalue weighted by molar-refractivity contribution is -0.0893. The molecule has 0 heterocycles. The van der Waals surface area contributed by atoms with Crippen LogP contribution in [-0.2, 0) is 22.9 Å². The predicted molar refractivity (Wildman–Crippen MR) is 161 cm³/mol. The van der Waals surface area contributed by atoms with Gasteiger partial charge in [0.25, 0.3) is 0 Å². The first-order valence-corrected chi connectivity index (χ1v) is 13.9. The normalized spacial score (nSPS) is 14.2. The third kappa shape index (κ3) is 4.13. The number of hydrogen-bond donors (Lipinski definition) is 1. The highest BCUT2D eigenvalue weighted by atomic mass is 16.5. The molecule has 2 nitrogen and oxygen atoms in total. The molecule has 0 saturated heterocycles. The van der Waals surface area contributed by atoms with Crippen LogP contribution in [0.25, 0.3) is 11.1 Å². The van der Waals surface area contributed by atoms with Gasteiger partial charge in [0.15, 0.2) is 0 Å². The van der Waals surface area contributed by atoms with Crippen LogP contribution >= 0.6 is 0 Å². The van der Waals surface area contributed by atoms with E-state index in [1.54, 1.807) is 13.8 Å². The van der Waals surface area contributed by atoms with E-state index < -0.39 is 16.6 Å². The first kappa shape index (κ1) is 26.5. The van der Waals surface area contributed by atoms with Crippen LogP contribution in [0.3, 0.4) is 0 Å². The molecule has 0 amide bonds. The highest BCUT2D eigenvalue weighted by molar-refractivity contribution is 6.47. The molecule has 1 N–H and O–H groups in total. The van der Waals surface area contributed by atoms with Crippen LogP contribution in [0, 0.1) is 0 Å². The Morgan fingerprint density at radius 1 is 0.658 bits per heavy atom. The van der Waals surface area contributed by atoms with Gasteiger partial charge < -0.3 is 9.76 Å². The quantitative estimate of drug-likeness (QED) is 0.239. The Bertz CT molecular complexity index is 1410. The summed E-state index contributed by atoms with van der Waals surface area (Å²) in [6, 6.07) is 33.7. The molecular formula is C35H39BO2. The third-order valence-corrected chi connectivity index (χ3v) is 8.79. The Kier molecular flexibility index (Phi) is 6.88. The zero-order valence-electron chi connectivity index (χ0n) is 23.6. The number of rotatable bonds is 8. The van der Waals surface area contributed by atoms with Crippen LogP contribution in [0.15, 0.2) is 91.0 Å². The second-order valence-electron chi connectivity index (χ2n) is 11.6. The Balaban J connectivity index is 1.81. The SMILES string of the molecule is CCc1ccccc1C1(c2ccccc2CC)c2ccccc2-c2ccc(BOC(C)(C)C(C)(C)O)cc21. The van der Waals surface area contributed by atoms with Gasteiger partial charge in [-0.15, -0.1) is 0 Å². The van der Waals surface area contributed by atoms with Gasteiger partial charge in [-0.3, -0.25) is 0 Å². The first-order chi connectivity index (χ1) is 18.1. The van der Waals surface area contributed by atoms with Gasteiger partial charge in [-0.25, -0.2) is 0 Å². The van der Waals surface area contributed by atoms with E-state index in [9.17, 15) is 5.11 Å². The lowest BCUT2D eigenvalue weighted by Gasteiger charge is -2.38. The van der Waals surface area contributed by atoms with Crippen molar-refractivity contribution < 1.29 is 9.76 Å². The van der Waals surface area contributed by atoms with Crippen molar-refractivity contribution in [3.63, 3.8) is 0 Å². The fourth-order valence-electron chi connectivity index (χ4n) is 5.97. The zero-order valence-corrected chi connectivity index (χ0v) is 23.6. The number of fused-ring (bicyclic) bond motifs is 3. The van der Waals surface area contributed by atoms with Crippen LogP contribution in [0.4, 0.5) is 0 Å². The van der Waals surface area contributed by atoms with Gasteiger partial charge in [-0.1, -0.05) is 110 Å². The fraction of sp³-hybridized carbons (Fsp3) is 0.314. The van der Waals surface area contributed by atoms with Gasteiger partial charge in [0.05, 0.1) is 16.6 Å². The molecule has 4 aromatic rings. The average Bonchev–Trinajstić information content (AvgIpc) is 3.21. The number of hydrogen-bond acceptors (Lipinski definition) is 2. The minimum absolute atomic E-state index is 0.424. The van der Waals surface area contributed by atoms with Crippen LogP contribution in [0.1, 0.15) is 74.9 Å². The van der Waals surface area contributed by atoms with Gasteiger partial charge in [-0.05, 0) is 85.0 Å². The summed E-state index contributed by atoms with van der Waals surface area (Å²) >= 11 is 0. The molecule has 0 radical (unpaired) electrons. The Morgan fingerprint density at radius 3 is 1.71 bits per heavy atom. The second-order valence-corrected chi connectivity index (χ2v) is 11.6. The summed E-state index contributed by atoms with van der Waals surface area (Å²) in [6.45, 7) is 12.0. The lowest BCUT2D eigenvalue weighted by atomic mass is 9.64. The average molecular weight is 503 g/mol. The van der Waals surface area contributed by atoms with Crippen molar-refractivity contribution in [1.82, 2.24) is 0 Å². The van der Waals surface area contributed by atoms with E-state index in [1.165, 1.54) is 44.5 Å². The molecule has 0 bridgehead atoms. The molecule has 194 valence electrons. The maximum absolute atomic E-state index is 10.7. The summed E-state index contributed by atoms with van der Waals surface area (Å²) in [7, 11) is 0.432. The molecule has 0 saturated carbocycles. The molecule has 1 aliphatic carbocycles. The molecule has 0 aliphatic heterocycles. The molecule has 3 heteroatoms. The Labute approximate surface area is 229 Å². The standard InChI is InChI=1S/C35H39BO2/c1-7-24-15-9-12-18-29(24)35(30-19-13-10-16-25(30)8-2)31-20-14-11-17-27(31)28-22-21-26(23-32(28)35)36-38-34(5,6)33(3,4)37/h9-23,36-37H,7-8H2,1-6H3. The summed E-state index contributed by atoms with van der Waals surface area (Å²) in [5, 5.41) is 10.7. The van der Waals surface area contributed by atoms with E-state index in [-0.39, 0.29) is 0 Å². The minimum atomic E-state index is -0.955. The smallest absolute Gasteiger partial charge is 0.309 e. The van der Waals surface area contributed by atoms with Crippen LogP contribution in [-0.4, -0.2) is 23.8 Å². The van der Waals surface area contributed by atoms with Crippen molar-refractivity contribution in [1.29, 1.82) is 0 Å². The summed E-state index contributed by atoms with van der Waals surface area (Å²) in [5.41, 5.74) is 9.71. The molecule has 1 aliphatic rings. The summed E-state index contributed by atoms with van der Waals surface area (Å²) in [6.07, 6.45) is 1.93. The van der Waals surface area contributed by atoms with E-state index in [0.717, 1.165) is 18.3 Å². The number of aliphatic hydroxyl groups is 1. The molecule has 0 unspecified atom stereocenters. The van der Waals surface area contributed by atoms with Gasteiger partial charge in [0.1, 0.15) is 0 Å². The monoisotopic (exact) mass is 502 g/mol. The maximum atomic E-state index is 10.7. The van der Waals surface area contributed by atoms with E-state index in [0.29, 0.717) is 7.48 Å². The number of benzene rings is 4. The van der Waals surface area contributed by atoms with Crippen molar-refractivity contribution in [3.05, 3.63) is 124 Å². The van der Waals surface area contributed by atoms with Crippen LogP contribution < -0.4 is 5.46 Å². The van der Waals surface area contributed by atoms with Crippen molar-refractivity contribution >= 4 is 12.9 Å². The molecular weight excluding hydrogens is 463 g/mol. The molecule has 38 heavy (non-hydrogen) atoms. The van der Waals surface area contributed by atoms with Crippen molar-refractivity contribution in [2.24, 2.45) is 0 Å². The Morgan fingerprint density at radius 2 is 1.16 bits per heavy atom. The topological polar surface area (TPSA) is 29.5 Å². The van der Waals surface area contributed by atoms with Crippen molar-refractivity contribution in [2.75, 3.05) is 0 Å². The summed E-state index contributed by atoms with van der Waals surface area (Å²) in [5.74, 6) is 0. The molecule has 4 aromatic carbocycles. The predicted octanol–water partition coefficient (Wildman–Crippen LogP) is 6.72. The van der Waals surface area contributed by atoms with E-state index in [4.69, 9.17) is 4.65 Å². The molecule has 0 fully saturated rings. The summed E-state index contributed by atoms with van der Waals surface area (Å²) < 4.78 is 6.34. The van der Waals surface area contributed by atoms with Gasteiger partial charge in [0, 0.05) is 0 Å². The van der Waals surface area contributed by atoms with E-state index in [2.05, 4.69) is 105 Å². The molecule has 0 atom stereocenters. The summed E-state index contributed by atoms with van der Waals surface area (Å²) in [4.78, 5) is 0. The van der Waals surface area contributed by atoms with Crippen LogP contribution in [0.2, 0.25) is 0 Å².